The molecule has 0 atom stereocenters. The third kappa shape index (κ3) is 1.69. The highest BCUT2D eigenvalue weighted by molar-refractivity contribution is 5.82. The molecule has 0 aliphatic heterocycles. The van der Waals surface area contributed by atoms with E-state index < -0.39 is 0 Å². The quantitative estimate of drug-likeness (QED) is 0.800. The number of aryl methyl sites for hydroxylation is 1. The molecule has 82 valence electrons. The van der Waals surface area contributed by atoms with Crippen LogP contribution in [0.1, 0.15) is 16.1 Å². The Hall–Kier alpha value is -2.10. The summed E-state index contributed by atoms with van der Waals surface area (Å²) in [6.45, 7) is 1.93. The minimum atomic E-state index is 0.622. The number of aromatic nitrogens is 2. The molecule has 4 heteroatoms. The number of carbonyl (C=O) groups excluding carboxylic acids is 1. The molecule has 0 saturated carbocycles. The van der Waals surface area contributed by atoms with Crippen LogP contribution in [0.15, 0.2) is 24.4 Å². The van der Waals surface area contributed by atoms with E-state index in [-0.39, 0.29) is 0 Å². The lowest BCUT2D eigenvalue weighted by Crippen LogP contribution is -1.90. The Balaban J connectivity index is 2.61. The van der Waals surface area contributed by atoms with Crippen molar-refractivity contribution in [3.05, 3.63) is 35.7 Å². The van der Waals surface area contributed by atoms with Gasteiger partial charge in [-0.2, -0.15) is 5.10 Å². The SMILES string of the molecule is COc1ccc(C=O)cc1-c1cn[nH]c1C. The lowest BCUT2D eigenvalue weighted by molar-refractivity contribution is 0.112. The van der Waals surface area contributed by atoms with Crippen LogP contribution in [0.4, 0.5) is 0 Å². The van der Waals surface area contributed by atoms with Crippen molar-refractivity contribution in [3.63, 3.8) is 0 Å². The largest absolute Gasteiger partial charge is 0.496 e. The highest BCUT2D eigenvalue weighted by atomic mass is 16.5. The number of ether oxygens (including phenoxy) is 1. The molecule has 1 heterocycles. The first-order valence-corrected chi connectivity index (χ1v) is 4.90. The molecule has 4 nitrogen and oxygen atoms in total. The summed E-state index contributed by atoms with van der Waals surface area (Å²) in [5.41, 5.74) is 3.39. The number of aromatic amines is 1. The van der Waals surface area contributed by atoms with Crippen molar-refractivity contribution in [2.45, 2.75) is 6.92 Å². The molecule has 1 aromatic carbocycles. The molecule has 1 aromatic heterocycles. The van der Waals surface area contributed by atoms with Gasteiger partial charge in [0.05, 0.1) is 13.3 Å². The molecule has 0 bridgehead atoms. The van der Waals surface area contributed by atoms with Gasteiger partial charge >= 0.3 is 0 Å². The van der Waals surface area contributed by atoms with E-state index in [1.807, 2.05) is 6.92 Å². The highest BCUT2D eigenvalue weighted by Gasteiger charge is 2.10. The lowest BCUT2D eigenvalue weighted by atomic mass is 10.0. The van der Waals surface area contributed by atoms with Gasteiger partial charge in [0.1, 0.15) is 12.0 Å². The van der Waals surface area contributed by atoms with E-state index in [4.69, 9.17) is 4.74 Å². The molecule has 0 unspecified atom stereocenters. The van der Waals surface area contributed by atoms with E-state index in [0.717, 1.165) is 28.9 Å². The van der Waals surface area contributed by atoms with Gasteiger partial charge in [-0.3, -0.25) is 9.89 Å². The molecule has 0 aliphatic rings. The van der Waals surface area contributed by atoms with E-state index >= 15 is 0 Å². The van der Waals surface area contributed by atoms with Crippen LogP contribution in [-0.2, 0) is 0 Å². The third-order valence-electron chi connectivity index (χ3n) is 2.48. The monoisotopic (exact) mass is 216 g/mol. The van der Waals surface area contributed by atoms with E-state index in [9.17, 15) is 4.79 Å². The zero-order valence-electron chi connectivity index (χ0n) is 9.15. The summed E-state index contributed by atoms with van der Waals surface area (Å²) in [5, 5.41) is 6.82. The van der Waals surface area contributed by atoms with Crippen molar-refractivity contribution >= 4 is 6.29 Å². The summed E-state index contributed by atoms with van der Waals surface area (Å²) < 4.78 is 5.27. The Bertz CT molecular complexity index is 517. The number of benzene rings is 1. The Morgan fingerprint density at radius 1 is 1.38 bits per heavy atom. The van der Waals surface area contributed by atoms with Crippen molar-refractivity contribution in [2.24, 2.45) is 0 Å². The van der Waals surface area contributed by atoms with Gasteiger partial charge in [-0.25, -0.2) is 0 Å². The van der Waals surface area contributed by atoms with Crippen molar-refractivity contribution in [1.29, 1.82) is 0 Å². The second kappa shape index (κ2) is 4.18. The number of aldehydes is 1. The second-order valence-corrected chi connectivity index (χ2v) is 3.49. The van der Waals surface area contributed by atoms with Crippen molar-refractivity contribution < 1.29 is 9.53 Å². The second-order valence-electron chi connectivity index (χ2n) is 3.49. The number of nitrogens with one attached hydrogen (secondary N) is 1. The first kappa shape index (κ1) is 10.4. The van der Waals surface area contributed by atoms with Gasteiger partial charge in [0.2, 0.25) is 0 Å². The van der Waals surface area contributed by atoms with Gasteiger partial charge in [-0.1, -0.05) is 0 Å². The van der Waals surface area contributed by atoms with Crippen molar-refractivity contribution in [2.75, 3.05) is 7.11 Å². The third-order valence-corrected chi connectivity index (χ3v) is 2.48. The molecule has 0 spiro atoms. The molecule has 0 fully saturated rings. The van der Waals surface area contributed by atoms with Crippen LogP contribution >= 0.6 is 0 Å². The maximum absolute atomic E-state index is 10.7. The number of carbonyl (C=O) groups is 1. The Morgan fingerprint density at radius 2 is 2.19 bits per heavy atom. The summed E-state index contributed by atoms with van der Waals surface area (Å²) in [7, 11) is 1.61. The fourth-order valence-corrected chi connectivity index (χ4v) is 1.63. The van der Waals surface area contributed by atoms with Crippen LogP contribution in [0.25, 0.3) is 11.1 Å². The normalized spacial score (nSPS) is 10.1. The molecule has 0 saturated heterocycles. The number of hydrogen-bond donors (Lipinski definition) is 1. The standard InChI is InChI=1S/C12H12N2O2/c1-8-11(6-13-14-8)10-5-9(7-15)3-4-12(10)16-2/h3-7H,1-2H3,(H,13,14). The van der Waals surface area contributed by atoms with Gasteiger partial charge in [-0.05, 0) is 25.1 Å². The van der Waals surface area contributed by atoms with E-state index in [1.54, 1.807) is 31.5 Å². The average Bonchev–Trinajstić information content (AvgIpc) is 2.74. The van der Waals surface area contributed by atoms with E-state index in [1.165, 1.54) is 0 Å². The first-order chi connectivity index (χ1) is 7.76. The summed E-state index contributed by atoms with van der Waals surface area (Å²) in [5.74, 6) is 0.732. The van der Waals surface area contributed by atoms with Crippen LogP contribution < -0.4 is 4.74 Å². The molecular formula is C12H12N2O2. The molecule has 2 rings (SSSR count). The van der Waals surface area contributed by atoms with Crippen LogP contribution in [0.5, 0.6) is 5.75 Å². The molecular weight excluding hydrogens is 204 g/mol. The molecule has 0 amide bonds. The smallest absolute Gasteiger partial charge is 0.150 e. The predicted octanol–water partition coefficient (Wildman–Crippen LogP) is 2.21. The first-order valence-electron chi connectivity index (χ1n) is 4.90. The molecule has 0 aliphatic carbocycles. The fraction of sp³-hybridized carbons (Fsp3) is 0.167. The van der Waals surface area contributed by atoms with Gasteiger partial charge in [0, 0.05) is 22.4 Å². The summed E-state index contributed by atoms with van der Waals surface area (Å²) in [4.78, 5) is 10.7. The maximum atomic E-state index is 10.7. The molecule has 16 heavy (non-hydrogen) atoms. The van der Waals surface area contributed by atoms with Crippen LogP contribution in [0.2, 0.25) is 0 Å². The number of nitrogens with zero attached hydrogens (tertiary/aromatic N) is 1. The topological polar surface area (TPSA) is 55.0 Å². The molecule has 1 N–H and O–H groups in total. The Morgan fingerprint density at radius 3 is 2.75 bits per heavy atom. The number of H-pyrrole nitrogens is 1. The van der Waals surface area contributed by atoms with Crippen LogP contribution in [-0.4, -0.2) is 23.6 Å². The summed E-state index contributed by atoms with van der Waals surface area (Å²) >= 11 is 0. The molecule has 2 aromatic rings. The van der Waals surface area contributed by atoms with Crippen molar-refractivity contribution in [1.82, 2.24) is 10.2 Å². The number of hydrogen-bond acceptors (Lipinski definition) is 3. The van der Waals surface area contributed by atoms with Crippen molar-refractivity contribution in [3.8, 4) is 16.9 Å². The zero-order valence-corrected chi connectivity index (χ0v) is 9.15. The Labute approximate surface area is 93.3 Å². The van der Waals surface area contributed by atoms with Gasteiger partial charge in [-0.15, -0.1) is 0 Å². The van der Waals surface area contributed by atoms with E-state index in [0.29, 0.717) is 5.56 Å². The Kier molecular flexibility index (Phi) is 2.72. The van der Waals surface area contributed by atoms with Crippen LogP contribution in [0, 0.1) is 6.92 Å². The maximum Gasteiger partial charge on any atom is 0.150 e. The molecule has 0 radical (unpaired) electrons. The van der Waals surface area contributed by atoms with Gasteiger partial charge in [0.15, 0.2) is 0 Å². The minimum absolute atomic E-state index is 0.622. The van der Waals surface area contributed by atoms with Crippen LogP contribution in [0.3, 0.4) is 0 Å². The average molecular weight is 216 g/mol. The highest BCUT2D eigenvalue weighted by Crippen LogP contribution is 2.31. The lowest BCUT2D eigenvalue weighted by Gasteiger charge is -2.08. The van der Waals surface area contributed by atoms with E-state index in [2.05, 4.69) is 10.2 Å². The minimum Gasteiger partial charge on any atom is -0.496 e. The summed E-state index contributed by atoms with van der Waals surface area (Å²) in [6.07, 6.45) is 2.54. The van der Waals surface area contributed by atoms with Gasteiger partial charge < -0.3 is 4.74 Å². The number of methoxy groups -OCH3 is 1. The van der Waals surface area contributed by atoms with Gasteiger partial charge in [0.25, 0.3) is 0 Å². The number of rotatable bonds is 3. The summed E-state index contributed by atoms with van der Waals surface area (Å²) in [6, 6.07) is 5.31. The predicted molar refractivity (Wildman–Crippen MR) is 60.7 cm³/mol. The fourth-order valence-electron chi connectivity index (χ4n) is 1.63. The zero-order chi connectivity index (χ0) is 11.5.